The smallest absolute Gasteiger partial charge is 0.242 e. The van der Waals surface area contributed by atoms with E-state index in [4.69, 9.17) is 5.73 Å². The van der Waals surface area contributed by atoms with Crippen LogP contribution in [0.5, 0.6) is 0 Å². The fraction of sp³-hybridized carbons (Fsp3) is 0.400. The highest BCUT2D eigenvalue weighted by molar-refractivity contribution is 5.89. The van der Waals surface area contributed by atoms with Crippen molar-refractivity contribution in [2.24, 2.45) is 11.1 Å². The van der Waals surface area contributed by atoms with Crippen molar-refractivity contribution in [2.45, 2.75) is 39.8 Å². The van der Waals surface area contributed by atoms with Gasteiger partial charge in [0.2, 0.25) is 11.8 Å². The van der Waals surface area contributed by atoms with E-state index >= 15 is 0 Å². The monoisotopic (exact) mass is 377 g/mol. The van der Waals surface area contributed by atoms with E-state index in [1.54, 1.807) is 6.92 Å². The number of hydrogen-bond acceptors (Lipinski definition) is 3. The average molecular weight is 378 g/mol. The molecule has 2 rings (SSSR count). The summed E-state index contributed by atoms with van der Waals surface area (Å²) >= 11 is 0. The summed E-state index contributed by atoms with van der Waals surface area (Å²) in [6, 6.07) is 13.1. The third-order valence-electron chi connectivity index (χ3n) is 4.15. The minimum Gasteiger partial charge on any atom is -0.346 e. The number of fused-ring (bicyclic) bond motifs is 1. The van der Waals surface area contributed by atoms with E-state index in [1.807, 2.05) is 63.2 Å². The normalized spacial score (nSPS) is 13.4. The van der Waals surface area contributed by atoms with Crippen LogP contribution in [0.25, 0.3) is 10.8 Å². The van der Waals surface area contributed by atoms with Crippen LogP contribution in [0.4, 0.5) is 0 Å². The quantitative estimate of drug-likeness (QED) is 0.749. The van der Waals surface area contributed by atoms with E-state index in [0.717, 1.165) is 16.3 Å². The van der Waals surface area contributed by atoms with Gasteiger partial charge in [-0.2, -0.15) is 0 Å². The predicted octanol–water partition coefficient (Wildman–Crippen LogP) is 2.93. The van der Waals surface area contributed by atoms with Crippen LogP contribution in [0.2, 0.25) is 0 Å². The molecule has 0 heterocycles. The second kappa shape index (κ2) is 9.01. The van der Waals surface area contributed by atoms with Crippen LogP contribution in [0.15, 0.2) is 42.5 Å². The number of benzene rings is 2. The summed E-state index contributed by atoms with van der Waals surface area (Å²) in [4.78, 5) is 24.5. The second-order valence-electron chi connectivity index (χ2n) is 7.35. The first-order valence-corrected chi connectivity index (χ1v) is 8.52. The van der Waals surface area contributed by atoms with Crippen LogP contribution in [0.3, 0.4) is 0 Å². The van der Waals surface area contributed by atoms with Crippen LogP contribution >= 0.6 is 12.4 Å². The number of nitrogens with two attached hydrogens (primary N) is 1. The van der Waals surface area contributed by atoms with Crippen LogP contribution < -0.4 is 16.4 Å². The van der Waals surface area contributed by atoms with Crippen molar-refractivity contribution in [1.82, 2.24) is 10.6 Å². The zero-order valence-electron chi connectivity index (χ0n) is 15.7. The Morgan fingerprint density at radius 3 is 2.23 bits per heavy atom. The first-order chi connectivity index (χ1) is 11.7. The molecule has 6 heteroatoms. The Hall–Kier alpha value is -2.11. The summed E-state index contributed by atoms with van der Waals surface area (Å²) in [5.74, 6) is -0.411. The first kappa shape index (κ1) is 21.9. The molecule has 2 atom stereocenters. The van der Waals surface area contributed by atoms with Gasteiger partial charge in [0.05, 0.1) is 6.04 Å². The summed E-state index contributed by atoms with van der Waals surface area (Å²) in [7, 11) is 0. The molecule has 2 aromatic rings. The number of nitrogens with one attached hydrogen (secondary N) is 2. The van der Waals surface area contributed by atoms with E-state index in [0.29, 0.717) is 0 Å². The summed E-state index contributed by atoms with van der Waals surface area (Å²) in [6.45, 7) is 7.39. The van der Waals surface area contributed by atoms with Crippen molar-refractivity contribution in [2.75, 3.05) is 6.54 Å². The molecule has 0 saturated heterocycles. The van der Waals surface area contributed by atoms with Gasteiger partial charge >= 0.3 is 0 Å². The number of hydrogen-bond donors (Lipinski definition) is 3. The molecule has 2 aromatic carbocycles. The van der Waals surface area contributed by atoms with E-state index in [1.165, 1.54) is 0 Å². The minimum atomic E-state index is -0.624. The zero-order valence-corrected chi connectivity index (χ0v) is 16.5. The Kier molecular flexibility index (Phi) is 7.60. The molecule has 0 spiro atoms. The van der Waals surface area contributed by atoms with Gasteiger partial charge in [0.1, 0.15) is 6.04 Å². The highest BCUT2D eigenvalue weighted by atomic mass is 35.5. The Labute approximate surface area is 161 Å². The Balaban J connectivity index is 0.00000338. The number of amides is 2. The molecule has 4 N–H and O–H groups in total. The molecule has 142 valence electrons. The van der Waals surface area contributed by atoms with Gasteiger partial charge in [0.15, 0.2) is 0 Å². The summed E-state index contributed by atoms with van der Waals surface area (Å²) in [5.41, 5.74) is 6.27. The summed E-state index contributed by atoms with van der Waals surface area (Å²) < 4.78 is 0. The molecule has 0 fully saturated rings. The maximum Gasteiger partial charge on any atom is 0.242 e. The van der Waals surface area contributed by atoms with Gasteiger partial charge in [0, 0.05) is 12.0 Å². The van der Waals surface area contributed by atoms with E-state index in [2.05, 4.69) is 10.6 Å². The van der Waals surface area contributed by atoms with Crippen molar-refractivity contribution in [3.63, 3.8) is 0 Å². The first-order valence-electron chi connectivity index (χ1n) is 8.52. The van der Waals surface area contributed by atoms with Crippen molar-refractivity contribution in [3.05, 3.63) is 48.0 Å². The molecule has 26 heavy (non-hydrogen) atoms. The van der Waals surface area contributed by atoms with Gasteiger partial charge < -0.3 is 16.4 Å². The van der Waals surface area contributed by atoms with Gasteiger partial charge in [0.25, 0.3) is 0 Å². The number of carbonyl (C=O) groups excluding carboxylic acids is 2. The summed E-state index contributed by atoms with van der Waals surface area (Å²) in [5, 5.41) is 7.90. The molecule has 0 aromatic heterocycles. The highest BCUT2D eigenvalue weighted by Crippen LogP contribution is 2.20. The molecular formula is C20H28ClN3O2. The third-order valence-corrected chi connectivity index (χ3v) is 4.15. The molecule has 0 saturated carbocycles. The van der Waals surface area contributed by atoms with Crippen LogP contribution in [0, 0.1) is 5.41 Å². The molecule has 5 nitrogen and oxygen atoms in total. The SMILES string of the molecule is CC(NC(=O)C(C)(C)C)C(=O)NC(CN)c1ccc2ccccc2c1.Cl. The fourth-order valence-corrected chi connectivity index (χ4v) is 2.48. The van der Waals surface area contributed by atoms with Crippen LogP contribution in [0.1, 0.15) is 39.3 Å². The molecule has 2 amide bonds. The molecule has 0 aliphatic rings. The average Bonchev–Trinajstić information content (AvgIpc) is 2.58. The molecule has 0 radical (unpaired) electrons. The van der Waals surface area contributed by atoms with Gasteiger partial charge in [-0.05, 0) is 29.3 Å². The van der Waals surface area contributed by atoms with Gasteiger partial charge in [-0.3, -0.25) is 9.59 Å². The van der Waals surface area contributed by atoms with Gasteiger partial charge in [-0.1, -0.05) is 57.2 Å². The molecule has 0 aliphatic heterocycles. The molecule has 2 unspecified atom stereocenters. The Bertz CT molecular complexity index is 771. The van der Waals surface area contributed by atoms with Gasteiger partial charge in [-0.25, -0.2) is 0 Å². The maximum atomic E-state index is 12.4. The number of halogens is 1. The van der Waals surface area contributed by atoms with Crippen molar-refractivity contribution < 1.29 is 9.59 Å². The Morgan fingerprint density at radius 1 is 1.04 bits per heavy atom. The zero-order chi connectivity index (χ0) is 18.6. The van der Waals surface area contributed by atoms with Crippen molar-refractivity contribution >= 4 is 35.0 Å². The van der Waals surface area contributed by atoms with E-state index in [-0.39, 0.29) is 36.8 Å². The van der Waals surface area contributed by atoms with E-state index in [9.17, 15) is 9.59 Å². The number of carbonyl (C=O) groups is 2. The predicted molar refractivity (Wildman–Crippen MR) is 108 cm³/mol. The third kappa shape index (κ3) is 5.44. The standard InChI is InChI=1S/C20H27N3O2.ClH/c1-13(22-19(25)20(2,3)4)18(24)23-17(12-21)16-10-9-14-7-5-6-8-15(14)11-16;/h5-11,13,17H,12,21H2,1-4H3,(H,22,25)(H,23,24);1H. The lowest BCUT2D eigenvalue weighted by molar-refractivity contribution is -0.133. The Morgan fingerprint density at radius 2 is 1.65 bits per heavy atom. The maximum absolute atomic E-state index is 12.4. The fourth-order valence-electron chi connectivity index (χ4n) is 2.48. The van der Waals surface area contributed by atoms with Crippen molar-refractivity contribution in [3.8, 4) is 0 Å². The van der Waals surface area contributed by atoms with Crippen LogP contribution in [-0.4, -0.2) is 24.4 Å². The molecule has 0 aliphatic carbocycles. The summed E-state index contributed by atoms with van der Waals surface area (Å²) in [6.07, 6.45) is 0. The molecule has 0 bridgehead atoms. The largest absolute Gasteiger partial charge is 0.346 e. The van der Waals surface area contributed by atoms with Gasteiger partial charge in [-0.15, -0.1) is 12.4 Å². The highest BCUT2D eigenvalue weighted by Gasteiger charge is 2.26. The topological polar surface area (TPSA) is 84.2 Å². The second-order valence-corrected chi connectivity index (χ2v) is 7.35. The lowest BCUT2D eigenvalue weighted by atomic mass is 9.95. The minimum absolute atomic E-state index is 0. The van der Waals surface area contributed by atoms with Crippen LogP contribution in [-0.2, 0) is 9.59 Å². The van der Waals surface area contributed by atoms with E-state index < -0.39 is 11.5 Å². The number of rotatable bonds is 5. The lowest BCUT2D eigenvalue weighted by Crippen LogP contribution is -2.49. The van der Waals surface area contributed by atoms with Crippen molar-refractivity contribution in [1.29, 1.82) is 0 Å². The lowest BCUT2D eigenvalue weighted by Gasteiger charge is -2.24. The molecular weight excluding hydrogens is 350 g/mol.